The van der Waals surface area contributed by atoms with Crippen LogP contribution in [0.25, 0.3) is 22.0 Å². The molecule has 1 aromatic heterocycles. The lowest BCUT2D eigenvalue weighted by molar-refractivity contribution is 1.46. The highest BCUT2D eigenvalue weighted by atomic mass is 79.9. The number of halogens is 1. The van der Waals surface area contributed by atoms with Crippen LogP contribution in [0.5, 0.6) is 0 Å². The molecule has 3 rings (SSSR count). The summed E-state index contributed by atoms with van der Waals surface area (Å²) in [6.45, 7) is 0. The summed E-state index contributed by atoms with van der Waals surface area (Å²) >= 11 is 3.45. The molecule has 2 nitrogen and oxygen atoms in total. The van der Waals surface area contributed by atoms with Crippen molar-refractivity contribution < 1.29 is 0 Å². The minimum absolute atomic E-state index is 0.696. The molecule has 0 saturated carbocycles. The molecule has 1 N–H and O–H groups in total. The first kappa shape index (κ1) is 11.1. The van der Waals surface area contributed by atoms with Gasteiger partial charge in [0.15, 0.2) is 0 Å². The Morgan fingerprint density at radius 3 is 2.72 bits per heavy atom. The summed E-state index contributed by atoms with van der Waals surface area (Å²) in [4.78, 5) is 3.24. The SMILES string of the molecule is N#Cc1ccccc1-c1c[nH]c2cc(Br)ccc12. The molecule has 0 aliphatic rings. The first-order chi connectivity index (χ1) is 8.79. The van der Waals surface area contributed by atoms with Crippen LogP contribution in [0.2, 0.25) is 0 Å². The van der Waals surface area contributed by atoms with Crippen LogP contribution in [0.4, 0.5) is 0 Å². The molecular weight excluding hydrogens is 288 g/mol. The molecule has 86 valence electrons. The van der Waals surface area contributed by atoms with E-state index in [1.165, 1.54) is 0 Å². The summed E-state index contributed by atoms with van der Waals surface area (Å²) in [6.07, 6.45) is 1.95. The average molecular weight is 297 g/mol. The zero-order chi connectivity index (χ0) is 12.5. The summed E-state index contributed by atoms with van der Waals surface area (Å²) in [7, 11) is 0. The van der Waals surface area contributed by atoms with Gasteiger partial charge >= 0.3 is 0 Å². The van der Waals surface area contributed by atoms with Gasteiger partial charge in [0.2, 0.25) is 0 Å². The lowest BCUT2D eigenvalue weighted by Crippen LogP contribution is -1.81. The highest BCUT2D eigenvalue weighted by Crippen LogP contribution is 2.31. The number of hydrogen-bond donors (Lipinski definition) is 1. The second-order valence-corrected chi connectivity index (χ2v) is 4.97. The molecule has 0 atom stereocenters. The van der Waals surface area contributed by atoms with Crippen LogP contribution in [0.15, 0.2) is 53.1 Å². The van der Waals surface area contributed by atoms with Gasteiger partial charge < -0.3 is 4.98 Å². The Balaban J connectivity index is 2.30. The van der Waals surface area contributed by atoms with Gasteiger partial charge in [-0.05, 0) is 18.2 Å². The monoisotopic (exact) mass is 296 g/mol. The molecule has 0 amide bonds. The number of H-pyrrole nitrogens is 1. The molecule has 0 spiro atoms. The minimum Gasteiger partial charge on any atom is -0.361 e. The van der Waals surface area contributed by atoms with Crippen molar-refractivity contribution in [2.75, 3.05) is 0 Å². The van der Waals surface area contributed by atoms with E-state index in [0.29, 0.717) is 5.56 Å². The van der Waals surface area contributed by atoms with Crippen molar-refractivity contribution in [1.82, 2.24) is 4.98 Å². The van der Waals surface area contributed by atoms with Gasteiger partial charge in [0.1, 0.15) is 0 Å². The number of hydrogen-bond acceptors (Lipinski definition) is 1. The summed E-state index contributed by atoms with van der Waals surface area (Å²) in [5, 5.41) is 10.3. The Kier molecular flexibility index (Phi) is 2.66. The van der Waals surface area contributed by atoms with E-state index < -0.39 is 0 Å². The van der Waals surface area contributed by atoms with Crippen LogP contribution < -0.4 is 0 Å². The number of aromatic amines is 1. The number of nitrogens with zero attached hydrogens (tertiary/aromatic N) is 1. The molecule has 3 heteroatoms. The lowest BCUT2D eigenvalue weighted by atomic mass is 10.00. The van der Waals surface area contributed by atoms with E-state index in [1.54, 1.807) is 0 Å². The zero-order valence-electron chi connectivity index (χ0n) is 9.44. The Hall–Kier alpha value is -2.05. The minimum atomic E-state index is 0.696. The number of nitriles is 1. The van der Waals surface area contributed by atoms with Crippen LogP contribution in [0, 0.1) is 11.3 Å². The van der Waals surface area contributed by atoms with Gasteiger partial charge in [0, 0.05) is 32.7 Å². The molecule has 0 aliphatic heterocycles. The molecule has 2 aromatic carbocycles. The van der Waals surface area contributed by atoms with E-state index in [4.69, 9.17) is 5.26 Å². The van der Waals surface area contributed by atoms with E-state index in [2.05, 4.69) is 33.0 Å². The highest BCUT2D eigenvalue weighted by Gasteiger charge is 2.09. The molecule has 0 saturated heterocycles. The van der Waals surface area contributed by atoms with E-state index in [-0.39, 0.29) is 0 Å². The first-order valence-corrected chi connectivity index (χ1v) is 6.35. The van der Waals surface area contributed by atoms with Crippen LogP contribution in [0.3, 0.4) is 0 Å². The molecule has 0 unspecified atom stereocenters. The van der Waals surface area contributed by atoms with Gasteiger partial charge in [-0.1, -0.05) is 40.2 Å². The number of nitrogens with one attached hydrogen (secondary N) is 1. The maximum atomic E-state index is 9.17. The van der Waals surface area contributed by atoms with Crippen molar-refractivity contribution in [2.24, 2.45) is 0 Å². The van der Waals surface area contributed by atoms with Crippen molar-refractivity contribution in [3.63, 3.8) is 0 Å². The van der Waals surface area contributed by atoms with Crippen molar-refractivity contribution >= 4 is 26.8 Å². The predicted molar refractivity (Wildman–Crippen MR) is 76.1 cm³/mol. The number of rotatable bonds is 1. The van der Waals surface area contributed by atoms with Crippen LogP contribution in [-0.4, -0.2) is 4.98 Å². The second kappa shape index (κ2) is 4.32. The van der Waals surface area contributed by atoms with Crippen LogP contribution >= 0.6 is 15.9 Å². The van der Waals surface area contributed by atoms with Gasteiger partial charge in [0.25, 0.3) is 0 Å². The largest absolute Gasteiger partial charge is 0.361 e. The fraction of sp³-hybridized carbons (Fsp3) is 0. The second-order valence-electron chi connectivity index (χ2n) is 4.05. The normalized spacial score (nSPS) is 10.4. The molecular formula is C15H9BrN2. The maximum Gasteiger partial charge on any atom is 0.0998 e. The van der Waals surface area contributed by atoms with Crippen LogP contribution in [-0.2, 0) is 0 Å². The summed E-state index contributed by atoms with van der Waals surface area (Å²) in [5.41, 5.74) is 3.79. The Morgan fingerprint density at radius 1 is 1.06 bits per heavy atom. The molecule has 0 bridgehead atoms. The maximum absolute atomic E-state index is 9.17. The first-order valence-electron chi connectivity index (χ1n) is 5.56. The zero-order valence-corrected chi connectivity index (χ0v) is 11.0. The van der Waals surface area contributed by atoms with Gasteiger partial charge in [0.05, 0.1) is 11.6 Å². The lowest BCUT2D eigenvalue weighted by Gasteiger charge is -2.02. The third kappa shape index (κ3) is 1.71. The summed E-state index contributed by atoms with van der Waals surface area (Å²) < 4.78 is 1.04. The molecule has 1 heterocycles. The average Bonchev–Trinajstić information content (AvgIpc) is 2.81. The van der Waals surface area contributed by atoms with Gasteiger partial charge in [-0.2, -0.15) is 5.26 Å². The quantitative estimate of drug-likeness (QED) is 0.707. The Morgan fingerprint density at radius 2 is 1.89 bits per heavy atom. The smallest absolute Gasteiger partial charge is 0.0998 e. The predicted octanol–water partition coefficient (Wildman–Crippen LogP) is 4.47. The van der Waals surface area contributed by atoms with Gasteiger partial charge in [-0.3, -0.25) is 0 Å². The third-order valence-electron chi connectivity index (χ3n) is 2.98. The van der Waals surface area contributed by atoms with Crippen molar-refractivity contribution in [1.29, 1.82) is 5.26 Å². The number of aromatic nitrogens is 1. The summed E-state index contributed by atoms with van der Waals surface area (Å²) in [6, 6.07) is 16.0. The number of fused-ring (bicyclic) bond motifs is 1. The number of benzene rings is 2. The summed E-state index contributed by atoms with van der Waals surface area (Å²) in [5.74, 6) is 0. The van der Waals surface area contributed by atoms with E-state index in [0.717, 1.165) is 26.5 Å². The Labute approximate surface area is 113 Å². The molecule has 18 heavy (non-hydrogen) atoms. The topological polar surface area (TPSA) is 39.6 Å². The van der Waals surface area contributed by atoms with Crippen LogP contribution in [0.1, 0.15) is 5.56 Å². The molecule has 0 radical (unpaired) electrons. The fourth-order valence-electron chi connectivity index (χ4n) is 2.14. The van der Waals surface area contributed by atoms with Gasteiger partial charge in [-0.15, -0.1) is 0 Å². The van der Waals surface area contributed by atoms with E-state index >= 15 is 0 Å². The van der Waals surface area contributed by atoms with E-state index in [9.17, 15) is 0 Å². The molecule has 0 fully saturated rings. The van der Waals surface area contributed by atoms with E-state index in [1.807, 2.05) is 42.6 Å². The van der Waals surface area contributed by atoms with Crippen molar-refractivity contribution in [3.8, 4) is 17.2 Å². The molecule has 0 aliphatic carbocycles. The third-order valence-corrected chi connectivity index (χ3v) is 3.47. The standard InChI is InChI=1S/C15H9BrN2/c16-11-5-6-13-14(9-18-15(13)7-11)12-4-2-1-3-10(12)8-17/h1-7,9,18H. The van der Waals surface area contributed by atoms with Crippen molar-refractivity contribution in [3.05, 3.63) is 58.7 Å². The Bertz CT molecular complexity index is 766. The van der Waals surface area contributed by atoms with Crippen molar-refractivity contribution in [2.45, 2.75) is 0 Å². The van der Waals surface area contributed by atoms with Gasteiger partial charge in [-0.25, -0.2) is 0 Å². The highest BCUT2D eigenvalue weighted by molar-refractivity contribution is 9.10. The fourth-order valence-corrected chi connectivity index (χ4v) is 2.50. The molecule has 3 aromatic rings.